The number of aliphatic carboxylic acids is 1. The molecule has 0 spiro atoms. The van der Waals surface area contributed by atoms with E-state index in [1.807, 2.05) is 0 Å². The van der Waals surface area contributed by atoms with Gasteiger partial charge in [-0.2, -0.15) is 4.31 Å². The molecule has 0 saturated carbocycles. The number of carbonyl (C=O) groups is 1. The van der Waals surface area contributed by atoms with Gasteiger partial charge in [0.25, 0.3) is 0 Å². The van der Waals surface area contributed by atoms with E-state index >= 15 is 0 Å². The van der Waals surface area contributed by atoms with Crippen LogP contribution in [0.2, 0.25) is 5.02 Å². The minimum Gasteiger partial charge on any atom is -0.480 e. The number of benzene rings is 1. The zero-order valence-corrected chi connectivity index (χ0v) is 11.5. The van der Waals surface area contributed by atoms with Gasteiger partial charge in [-0.1, -0.05) is 11.6 Å². The van der Waals surface area contributed by atoms with Crippen LogP contribution in [-0.4, -0.2) is 49.5 Å². The van der Waals surface area contributed by atoms with Gasteiger partial charge in [-0.05, 0) is 24.3 Å². The Morgan fingerprint density at radius 1 is 1.37 bits per heavy atom. The number of nitrogens with one attached hydrogen (secondary N) is 1. The number of carboxylic acid groups (broad SMARTS) is 1. The van der Waals surface area contributed by atoms with E-state index in [0.717, 1.165) is 4.31 Å². The molecule has 104 valence electrons. The first-order valence-corrected chi connectivity index (χ1v) is 7.45. The lowest BCUT2D eigenvalue weighted by atomic mass is 10.2. The summed E-state index contributed by atoms with van der Waals surface area (Å²) < 4.78 is 25.8. The molecule has 1 saturated heterocycles. The maximum absolute atomic E-state index is 12.4. The minimum atomic E-state index is -3.82. The third-order valence-electron chi connectivity index (χ3n) is 2.90. The fraction of sp³-hybridized carbons (Fsp3) is 0.364. The molecular formula is C11H13ClN2O4S. The first-order valence-electron chi connectivity index (χ1n) is 5.64. The summed E-state index contributed by atoms with van der Waals surface area (Å²) in [6.07, 6.45) is 0. The summed E-state index contributed by atoms with van der Waals surface area (Å²) in [6.45, 7) is 0.653. The molecule has 2 N–H and O–H groups in total. The van der Waals surface area contributed by atoms with Crippen LogP contribution in [0.25, 0.3) is 0 Å². The highest BCUT2D eigenvalue weighted by molar-refractivity contribution is 7.89. The molecule has 19 heavy (non-hydrogen) atoms. The standard InChI is InChI=1S/C11H13ClN2O4S/c12-8-1-3-9(4-2-8)19(17,18)14-6-5-13-7-10(14)11(15)16/h1-4,10,13H,5-7H2,(H,15,16). The summed E-state index contributed by atoms with van der Waals surface area (Å²) in [7, 11) is -3.82. The summed E-state index contributed by atoms with van der Waals surface area (Å²) in [5.74, 6) is -1.16. The highest BCUT2D eigenvalue weighted by atomic mass is 35.5. The van der Waals surface area contributed by atoms with Gasteiger partial charge in [-0.15, -0.1) is 0 Å². The Morgan fingerprint density at radius 2 is 2.00 bits per heavy atom. The average molecular weight is 305 g/mol. The molecule has 1 heterocycles. The summed E-state index contributed by atoms with van der Waals surface area (Å²) >= 11 is 5.71. The molecule has 0 amide bonds. The van der Waals surface area contributed by atoms with Crippen LogP contribution >= 0.6 is 11.6 Å². The van der Waals surface area contributed by atoms with E-state index in [-0.39, 0.29) is 18.0 Å². The minimum absolute atomic E-state index is 0.0463. The van der Waals surface area contributed by atoms with Gasteiger partial charge in [-0.25, -0.2) is 8.42 Å². The van der Waals surface area contributed by atoms with Crippen molar-refractivity contribution in [2.75, 3.05) is 19.6 Å². The van der Waals surface area contributed by atoms with Crippen LogP contribution in [0.5, 0.6) is 0 Å². The highest BCUT2D eigenvalue weighted by Gasteiger charge is 2.37. The fourth-order valence-electron chi connectivity index (χ4n) is 1.93. The molecule has 1 aliphatic heterocycles. The first-order chi connectivity index (χ1) is 8.93. The van der Waals surface area contributed by atoms with Gasteiger partial charge in [0.15, 0.2) is 0 Å². The van der Waals surface area contributed by atoms with Crippen molar-refractivity contribution in [2.45, 2.75) is 10.9 Å². The fourth-order valence-corrected chi connectivity index (χ4v) is 3.63. The Bertz CT molecular complexity index is 573. The smallest absolute Gasteiger partial charge is 0.323 e. The summed E-state index contributed by atoms with van der Waals surface area (Å²) in [5.41, 5.74) is 0. The number of halogens is 1. The predicted molar refractivity (Wildman–Crippen MR) is 69.6 cm³/mol. The molecule has 1 fully saturated rings. The van der Waals surface area contributed by atoms with Crippen molar-refractivity contribution >= 4 is 27.6 Å². The normalized spacial score (nSPS) is 21.2. The molecule has 1 aromatic rings. The Labute approximate surface area is 116 Å². The lowest BCUT2D eigenvalue weighted by Crippen LogP contribution is -2.56. The van der Waals surface area contributed by atoms with E-state index in [4.69, 9.17) is 16.7 Å². The number of hydrogen-bond acceptors (Lipinski definition) is 4. The van der Waals surface area contributed by atoms with E-state index < -0.39 is 22.0 Å². The molecule has 2 rings (SSSR count). The number of piperazine rings is 1. The first kappa shape index (κ1) is 14.3. The van der Waals surface area contributed by atoms with Crippen molar-refractivity contribution in [3.8, 4) is 0 Å². The third kappa shape index (κ3) is 2.89. The van der Waals surface area contributed by atoms with Gasteiger partial charge >= 0.3 is 5.97 Å². The molecule has 1 aromatic carbocycles. The number of nitrogens with zero attached hydrogens (tertiary/aromatic N) is 1. The molecular weight excluding hydrogens is 292 g/mol. The molecule has 1 unspecified atom stereocenters. The third-order valence-corrected chi connectivity index (χ3v) is 5.07. The Kier molecular flexibility index (Phi) is 4.10. The van der Waals surface area contributed by atoms with E-state index in [1.54, 1.807) is 0 Å². The lowest BCUT2D eigenvalue weighted by molar-refractivity contribution is -0.141. The van der Waals surface area contributed by atoms with Crippen LogP contribution in [0, 0.1) is 0 Å². The molecule has 1 atom stereocenters. The summed E-state index contributed by atoms with van der Waals surface area (Å²) in [5, 5.41) is 12.4. The second-order valence-corrected chi connectivity index (χ2v) is 6.45. The second-order valence-electron chi connectivity index (χ2n) is 4.13. The molecule has 0 aliphatic carbocycles. The van der Waals surface area contributed by atoms with Crippen molar-refractivity contribution in [1.82, 2.24) is 9.62 Å². The quantitative estimate of drug-likeness (QED) is 0.843. The van der Waals surface area contributed by atoms with E-state index in [0.29, 0.717) is 11.6 Å². The molecule has 1 aliphatic rings. The second kappa shape index (κ2) is 5.46. The maximum atomic E-state index is 12.4. The topological polar surface area (TPSA) is 86.7 Å². The summed E-state index contributed by atoms with van der Waals surface area (Å²) in [6, 6.07) is 4.59. The van der Waals surface area contributed by atoms with E-state index in [9.17, 15) is 13.2 Å². The van der Waals surface area contributed by atoms with Crippen molar-refractivity contribution in [3.05, 3.63) is 29.3 Å². The largest absolute Gasteiger partial charge is 0.480 e. The average Bonchev–Trinajstić information content (AvgIpc) is 2.39. The van der Waals surface area contributed by atoms with E-state index in [2.05, 4.69) is 5.32 Å². The predicted octanol–water partition coefficient (Wildman–Crippen LogP) is 0.387. The van der Waals surface area contributed by atoms with E-state index in [1.165, 1.54) is 24.3 Å². The molecule has 8 heteroatoms. The van der Waals surface area contributed by atoms with Crippen LogP contribution < -0.4 is 5.32 Å². The Hall–Kier alpha value is -1.15. The molecule has 6 nitrogen and oxygen atoms in total. The highest BCUT2D eigenvalue weighted by Crippen LogP contribution is 2.21. The number of rotatable bonds is 3. The van der Waals surface area contributed by atoms with Crippen LogP contribution in [0.15, 0.2) is 29.2 Å². The van der Waals surface area contributed by atoms with Crippen LogP contribution in [0.4, 0.5) is 0 Å². The lowest BCUT2D eigenvalue weighted by Gasteiger charge is -2.32. The number of hydrogen-bond donors (Lipinski definition) is 2. The Balaban J connectivity index is 2.37. The number of carboxylic acids is 1. The van der Waals surface area contributed by atoms with Crippen LogP contribution in [0.3, 0.4) is 0 Å². The zero-order chi connectivity index (χ0) is 14.0. The molecule has 0 aromatic heterocycles. The van der Waals surface area contributed by atoms with Crippen molar-refractivity contribution in [2.24, 2.45) is 0 Å². The van der Waals surface area contributed by atoms with Crippen molar-refractivity contribution < 1.29 is 18.3 Å². The van der Waals surface area contributed by atoms with Gasteiger partial charge in [0.2, 0.25) is 10.0 Å². The molecule has 0 radical (unpaired) electrons. The molecule has 0 bridgehead atoms. The van der Waals surface area contributed by atoms with Gasteiger partial charge in [0.05, 0.1) is 4.90 Å². The van der Waals surface area contributed by atoms with Gasteiger partial charge in [-0.3, -0.25) is 4.79 Å². The van der Waals surface area contributed by atoms with Gasteiger partial charge < -0.3 is 10.4 Å². The monoisotopic (exact) mass is 304 g/mol. The van der Waals surface area contributed by atoms with Crippen LogP contribution in [-0.2, 0) is 14.8 Å². The van der Waals surface area contributed by atoms with Gasteiger partial charge in [0, 0.05) is 24.7 Å². The van der Waals surface area contributed by atoms with Gasteiger partial charge in [0.1, 0.15) is 6.04 Å². The van der Waals surface area contributed by atoms with Crippen molar-refractivity contribution in [3.63, 3.8) is 0 Å². The summed E-state index contributed by atoms with van der Waals surface area (Å²) in [4.78, 5) is 11.2. The zero-order valence-electron chi connectivity index (χ0n) is 9.91. The van der Waals surface area contributed by atoms with Crippen LogP contribution in [0.1, 0.15) is 0 Å². The SMILES string of the molecule is O=C(O)C1CNCCN1S(=O)(=O)c1ccc(Cl)cc1. The maximum Gasteiger partial charge on any atom is 0.323 e. The Morgan fingerprint density at radius 3 is 2.58 bits per heavy atom. The number of sulfonamides is 1. The van der Waals surface area contributed by atoms with Crippen molar-refractivity contribution in [1.29, 1.82) is 0 Å².